The van der Waals surface area contributed by atoms with E-state index in [1.807, 2.05) is 0 Å². The third-order valence-electron chi connectivity index (χ3n) is 10.3. The molecule has 1 amide bonds. The molecule has 1 aliphatic rings. The van der Waals surface area contributed by atoms with Crippen LogP contribution in [0.2, 0.25) is 0 Å². The number of phosphoric acid groups is 1. The quantitative estimate of drug-likeness (QED) is 0.0195. The first kappa shape index (κ1) is 61.3. The SMILES string of the molecule is C=CCOC(=O)OC[C@H]1OC(O)[C@H](NC(=O)OCC(Cl)(Cl)Cl)[C@@H](OCC[C@@H](CCCCCCCCCCC)OCCCCCC/C=C\CCCCCC)[C@@H]1OP(=O)(OCC=C)OCC=C. The second-order valence-electron chi connectivity index (χ2n) is 16.0. The number of amides is 1. The zero-order valence-electron chi connectivity index (χ0n) is 39.2. The van der Waals surface area contributed by atoms with E-state index in [-0.39, 0.29) is 32.5 Å². The van der Waals surface area contributed by atoms with Crippen LogP contribution in [0.3, 0.4) is 0 Å². The van der Waals surface area contributed by atoms with E-state index in [0.717, 1.165) is 64.2 Å². The van der Waals surface area contributed by atoms with Crippen LogP contribution in [-0.2, 0) is 46.6 Å². The molecule has 14 nitrogen and oxygen atoms in total. The number of ether oxygens (including phenoxy) is 6. The van der Waals surface area contributed by atoms with Gasteiger partial charge in [0, 0.05) is 13.2 Å². The normalized spacial score (nSPS) is 19.4. The van der Waals surface area contributed by atoms with Crippen LogP contribution in [0, 0.1) is 0 Å². The van der Waals surface area contributed by atoms with Gasteiger partial charge in [-0.2, -0.15) is 0 Å². The summed E-state index contributed by atoms with van der Waals surface area (Å²) in [6, 6.07) is -1.44. The Morgan fingerprint density at radius 2 is 1.28 bits per heavy atom. The summed E-state index contributed by atoms with van der Waals surface area (Å²) < 4.78 is 63.2. The minimum absolute atomic E-state index is 0.0335. The fraction of sp³-hybridized carbons (Fsp3) is 0.787. The Hall–Kier alpha value is -1.68. The van der Waals surface area contributed by atoms with Crippen LogP contribution in [-0.4, -0.2) is 104 Å². The molecule has 0 aromatic rings. The van der Waals surface area contributed by atoms with E-state index >= 15 is 0 Å². The van der Waals surface area contributed by atoms with Gasteiger partial charge >= 0.3 is 20.1 Å². The van der Waals surface area contributed by atoms with Gasteiger partial charge in [0.05, 0.1) is 19.3 Å². The van der Waals surface area contributed by atoms with Crippen molar-refractivity contribution in [2.45, 2.75) is 189 Å². The van der Waals surface area contributed by atoms with Crippen molar-refractivity contribution in [1.82, 2.24) is 5.32 Å². The Morgan fingerprint density at radius 1 is 0.723 bits per heavy atom. The number of alkyl halides is 3. The second kappa shape index (κ2) is 39.2. The number of allylic oxidation sites excluding steroid dienone is 2. The van der Waals surface area contributed by atoms with Gasteiger partial charge in [0.25, 0.3) is 0 Å². The standard InChI is InChI=1S/C47H81Cl3NO13P/c1-6-11-13-15-17-19-20-21-23-25-27-29-35-56-39(30-28-26-24-22-18-16-14-12-7-2)31-36-57-43-41(51-45(53)60-38-47(48,49)50)44(52)63-40(37-59-46(54)58-32-8-3)42(43)64-65(55,61-33-9-4)62-34-10-5/h8-10,19-20,39-44,52H,3-7,11-18,21-38H2,1-2H3,(H,51,53)/b20-19-/t39-,40-,41-,42-,43-,44?/m1/s1. The summed E-state index contributed by atoms with van der Waals surface area (Å²) in [6.07, 6.45) is 23.7. The summed E-state index contributed by atoms with van der Waals surface area (Å²) in [5.74, 6) is 0. The Labute approximate surface area is 405 Å². The Kier molecular flexibility index (Phi) is 37.0. The first-order valence-electron chi connectivity index (χ1n) is 23.7. The summed E-state index contributed by atoms with van der Waals surface area (Å²) in [7, 11) is -4.49. The number of carbonyl (C=O) groups excluding carboxylic acids is 2. The number of aliphatic hydroxyl groups excluding tert-OH is 1. The average molecular weight is 1010 g/mol. The molecule has 0 aromatic heterocycles. The topological polar surface area (TPSA) is 167 Å². The van der Waals surface area contributed by atoms with Crippen LogP contribution in [0.15, 0.2) is 50.1 Å². The van der Waals surface area contributed by atoms with Gasteiger partial charge in [0.15, 0.2) is 6.29 Å². The fourth-order valence-electron chi connectivity index (χ4n) is 6.93. The molecule has 378 valence electrons. The molecule has 1 unspecified atom stereocenters. The zero-order chi connectivity index (χ0) is 48.0. The predicted molar refractivity (Wildman–Crippen MR) is 259 cm³/mol. The number of carbonyl (C=O) groups is 2. The van der Waals surface area contributed by atoms with Crippen LogP contribution >= 0.6 is 42.6 Å². The molecule has 0 saturated carbocycles. The highest BCUT2D eigenvalue weighted by atomic mass is 35.6. The lowest BCUT2D eigenvalue weighted by Crippen LogP contribution is -2.65. The van der Waals surface area contributed by atoms with Gasteiger partial charge in [-0.25, -0.2) is 14.2 Å². The molecule has 1 aliphatic heterocycles. The molecule has 0 aromatic carbocycles. The average Bonchev–Trinajstić information content (AvgIpc) is 3.27. The fourth-order valence-corrected chi connectivity index (χ4v) is 8.42. The number of aliphatic hydroxyl groups is 1. The summed E-state index contributed by atoms with van der Waals surface area (Å²) in [6.45, 7) is 14.0. The number of rotatable bonds is 41. The molecule has 1 heterocycles. The number of nitrogens with one attached hydrogen (secondary N) is 1. The molecule has 18 heteroatoms. The van der Waals surface area contributed by atoms with Crippen molar-refractivity contribution in [2.75, 3.05) is 46.2 Å². The number of alkyl carbamates (subject to hydrolysis) is 1. The van der Waals surface area contributed by atoms with Crippen LogP contribution in [0.5, 0.6) is 0 Å². The lowest BCUT2D eigenvalue weighted by molar-refractivity contribution is -0.259. The molecule has 0 bridgehead atoms. The van der Waals surface area contributed by atoms with Gasteiger partial charge in [-0.3, -0.25) is 13.6 Å². The lowest BCUT2D eigenvalue weighted by atomic mass is 9.96. The minimum atomic E-state index is -4.49. The van der Waals surface area contributed by atoms with Crippen LogP contribution < -0.4 is 5.32 Å². The number of phosphoric ester groups is 1. The molecular formula is C47H81Cl3NO13P. The molecule has 2 N–H and O–H groups in total. The predicted octanol–water partition coefficient (Wildman–Crippen LogP) is 13.0. The third kappa shape index (κ3) is 31.9. The van der Waals surface area contributed by atoms with E-state index < -0.39 is 67.7 Å². The summed E-state index contributed by atoms with van der Waals surface area (Å²) in [5, 5.41) is 13.9. The van der Waals surface area contributed by atoms with Crippen molar-refractivity contribution in [3.8, 4) is 0 Å². The van der Waals surface area contributed by atoms with E-state index in [2.05, 4.69) is 51.1 Å². The molecule has 1 rings (SSSR count). The van der Waals surface area contributed by atoms with E-state index in [1.165, 1.54) is 82.4 Å². The molecule has 65 heavy (non-hydrogen) atoms. The van der Waals surface area contributed by atoms with Crippen molar-refractivity contribution in [3.05, 3.63) is 50.1 Å². The third-order valence-corrected chi connectivity index (χ3v) is 12.1. The largest absolute Gasteiger partial charge is 0.508 e. The highest BCUT2D eigenvalue weighted by molar-refractivity contribution is 7.48. The van der Waals surface area contributed by atoms with Gasteiger partial charge in [-0.1, -0.05) is 176 Å². The summed E-state index contributed by atoms with van der Waals surface area (Å²) in [4.78, 5) is 25.4. The van der Waals surface area contributed by atoms with E-state index in [1.54, 1.807) is 0 Å². The highest BCUT2D eigenvalue weighted by Gasteiger charge is 2.51. The number of unbranched alkanes of at least 4 members (excludes halogenated alkanes) is 16. The number of hydrogen-bond acceptors (Lipinski definition) is 13. The lowest BCUT2D eigenvalue weighted by Gasteiger charge is -2.44. The monoisotopic (exact) mass is 1000 g/mol. The molecule has 1 saturated heterocycles. The number of halogens is 3. The van der Waals surface area contributed by atoms with Crippen molar-refractivity contribution in [1.29, 1.82) is 0 Å². The van der Waals surface area contributed by atoms with Crippen LogP contribution in [0.1, 0.15) is 149 Å². The van der Waals surface area contributed by atoms with Gasteiger partial charge in [-0.05, 0) is 44.9 Å². The smallest absolute Gasteiger partial charge is 0.445 e. The molecular weight excluding hydrogens is 924 g/mol. The zero-order valence-corrected chi connectivity index (χ0v) is 42.4. The Morgan fingerprint density at radius 3 is 1.86 bits per heavy atom. The maximum absolute atomic E-state index is 14.1. The molecule has 0 radical (unpaired) electrons. The Bertz CT molecular complexity index is 1320. The summed E-state index contributed by atoms with van der Waals surface area (Å²) >= 11 is 17.4. The van der Waals surface area contributed by atoms with Gasteiger partial charge in [-0.15, -0.1) is 13.2 Å². The maximum Gasteiger partial charge on any atom is 0.508 e. The number of hydrogen-bond donors (Lipinski definition) is 2. The molecule has 0 spiro atoms. The second-order valence-corrected chi connectivity index (χ2v) is 20.2. The first-order chi connectivity index (χ1) is 31.3. The highest BCUT2D eigenvalue weighted by Crippen LogP contribution is 2.52. The van der Waals surface area contributed by atoms with Crippen LogP contribution in [0.4, 0.5) is 9.59 Å². The molecule has 1 fully saturated rings. The van der Waals surface area contributed by atoms with E-state index in [9.17, 15) is 19.3 Å². The first-order valence-corrected chi connectivity index (χ1v) is 26.3. The van der Waals surface area contributed by atoms with Gasteiger partial charge < -0.3 is 38.8 Å². The van der Waals surface area contributed by atoms with Crippen LogP contribution in [0.25, 0.3) is 0 Å². The van der Waals surface area contributed by atoms with E-state index in [0.29, 0.717) is 13.0 Å². The summed E-state index contributed by atoms with van der Waals surface area (Å²) in [5.41, 5.74) is 0. The van der Waals surface area contributed by atoms with Crippen molar-refractivity contribution in [3.63, 3.8) is 0 Å². The van der Waals surface area contributed by atoms with Gasteiger partial charge in [0.2, 0.25) is 3.79 Å². The Balaban J connectivity index is 3.28. The van der Waals surface area contributed by atoms with Crippen molar-refractivity contribution < 1.29 is 61.3 Å². The molecule has 6 atom stereocenters. The minimum Gasteiger partial charge on any atom is -0.445 e. The maximum atomic E-state index is 14.1. The van der Waals surface area contributed by atoms with Crippen molar-refractivity contribution in [2.24, 2.45) is 0 Å². The van der Waals surface area contributed by atoms with Crippen molar-refractivity contribution >= 4 is 54.9 Å². The van der Waals surface area contributed by atoms with E-state index in [4.69, 9.17) is 76.8 Å². The van der Waals surface area contributed by atoms with Gasteiger partial charge in [0.1, 0.15) is 44.2 Å². The molecule has 0 aliphatic carbocycles.